The third kappa shape index (κ3) is 14.2. The first kappa shape index (κ1) is 22.6. The predicted octanol–water partition coefficient (Wildman–Crippen LogP) is 1.78. The molecule has 0 heterocycles. The third-order valence-corrected chi connectivity index (χ3v) is 4.31. The Kier molecular flexibility index (Phi) is 14.2. The molecule has 0 aromatic carbocycles. The molecule has 0 aliphatic heterocycles. The molecular weight excluding hydrogens is 356 g/mol. The van der Waals surface area contributed by atoms with Crippen molar-refractivity contribution in [2.75, 3.05) is 38.8 Å². The maximum absolute atomic E-state index is 11.4. The van der Waals surface area contributed by atoms with Crippen molar-refractivity contribution in [2.24, 2.45) is 0 Å². The Morgan fingerprint density at radius 3 is 1.42 bits per heavy atom. The molecule has 8 nitrogen and oxygen atoms in total. The van der Waals surface area contributed by atoms with Gasteiger partial charge in [0.1, 0.15) is 11.5 Å². The van der Waals surface area contributed by atoms with Gasteiger partial charge in [0.25, 0.3) is 10.5 Å². The number of ether oxygens (including phenoxy) is 2. The van der Waals surface area contributed by atoms with E-state index in [1.807, 2.05) is 0 Å². The average Bonchev–Trinajstić information content (AvgIpc) is 2.59. The van der Waals surface area contributed by atoms with Gasteiger partial charge in [-0.15, -0.1) is 0 Å². The van der Waals surface area contributed by atoms with E-state index in [0.717, 1.165) is 49.2 Å². The highest BCUT2D eigenvalue weighted by molar-refractivity contribution is 8.14. The summed E-state index contributed by atoms with van der Waals surface area (Å²) < 4.78 is 8.87. The average molecular weight is 380 g/mol. The van der Waals surface area contributed by atoms with Crippen LogP contribution in [0.15, 0.2) is 0 Å². The van der Waals surface area contributed by atoms with Crippen LogP contribution >= 0.6 is 23.5 Å². The van der Waals surface area contributed by atoms with Crippen molar-refractivity contribution in [1.29, 1.82) is 0 Å². The second-order valence-corrected chi connectivity index (χ2v) is 6.47. The molecule has 0 saturated heterocycles. The van der Waals surface area contributed by atoms with Gasteiger partial charge in [-0.25, -0.2) is 0 Å². The minimum atomic E-state index is -0.429. The van der Waals surface area contributed by atoms with Crippen LogP contribution in [0.5, 0.6) is 0 Å². The van der Waals surface area contributed by atoms with Gasteiger partial charge in [0.2, 0.25) is 0 Å². The molecule has 0 saturated carbocycles. The van der Waals surface area contributed by atoms with Crippen LogP contribution in [-0.2, 0) is 19.1 Å². The molecule has 0 aliphatic rings. The van der Waals surface area contributed by atoms with Crippen molar-refractivity contribution in [3.63, 3.8) is 0 Å². The number of amides is 2. The lowest BCUT2D eigenvalue weighted by atomic mass is 10.2. The largest absolute Gasteiger partial charge is 0.468 e. The molecule has 0 radical (unpaired) electrons. The molecule has 0 unspecified atom stereocenters. The Hall–Kier alpha value is -1.42. The minimum absolute atomic E-state index is 0.00994. The molecule has 0 atom stereocenters. The summed E-state index contributed by atoms with van der Waals surface area (Å²) in [5.41, 5.74) is 0. The van der Waals surface area contributed by atoms with Crippen LogP contribution in [0.4, 0.5) is 9.59 Å². The van der Waals surface area contributed by atoms with Crippen molar-refractivity contribution in [3.8, 4) is 0 Å². The molecule has 0 rings (SSSR count). The molecule has 0 fully saturated rings. The van der Waals surface area contributed by atoms with Crippen LogP contribution in [0.25, 0.3) is 0 Å². The fourth-order valence-electron chi connectivity index (χ4n) is 1.45. The van der Waals surface area contributed by atoms with E-state index in [2.05, 4.69) is 20.1 Å². The molecule has 0 bridgehead atoms. The van der Waals surface area contributed by atoms with E-state index in [9.17, 15) is 19.2 Å². The first-order valence-corrected chi connectivity index (χ1v) is 9.41. The number of unbranched alkanes of at least 4 members (excludes halogenated alkanes) is 3. The van der Waals surface area contributed by atoms with E-state index in [1.54, 1.807) is 0 Å². The van der Waals surface area contributed by atoms with Crippen molar-refractivity contribution < 1.29 is 28.7 Å². The molecule has 24 heavy (non-hydrogen) atoms. The van der Waals surface area contributed by atoms with Gasteiger partial charge in [0.15, 0.2) is 0 Å². The summed E-state index contributed by atoms with van der Waals surface area (Å²) in [5, 5.41) is 4.93. The smallest absolute Gasteiger partial charge is 0.316 e. The van der Waals surface area contributed by atoms with E-state index in [0.29, 0.717) is 13.1 Å². The van der Waals surface area contributed by atoms with Gasteiger partial charge in [-0.1, -0.05) is 36.4 Å². The van der Waals surface area contributed by atoms with Crippen molar-refractivity contribution in [2.45, 2.75) is 25.7 Å². The second kappa shape index (κ2) is 15.1. The standard InChI is InChI=1S/C14H24N2O6S2/c1-21-11(17)9-23-13(19)15-7-5-3-4-6-8-16-14(20)24-10-12(18)22-2/h3-10H2,1-2H3,(H,15,19)(H,16,20). The van der Waals surface area contributed by atoms with Crippen LogP contribution in [0, 0.1) is 0 Å². The van der Waals surface area contributed by atoms with Gasteiger partial charge >= 0.3 is 11.9 Å². The lowest BCUT2D eigenvalue weighted by molar-refractivity contribution is -0.138. The maximum atomic E-state index is 11.4. The number of thioether (sulfide) groups is 2. The number of methoxy groups -OCH3 is 2. The van der Waals surface area contributed by atoms with E-state index in [1.165, 1.54) is 14.2 Å². The topological polar surface area (TPSA) is 111 Å². The van der Waals surface area contributed by atoms with Crippen LogP contribution in [0.2, 0.25) is 0 Å². The summed E-state index contributed by atoms with van der Waals surface area (Å²) in [6.45, 7) is 1.10. The Morgan fingerprint density at radius 1 is 0.708 bits per heavy atom. The normalized spacial score (nSPS) is 9.92. The Balaban J connectivity index is 3.39. The number of hydrogen-bond acceptors (Lipinski definition) is 8. The number of esters is 2. The van der Waals surface area contributed by atoms with Crippen molar-refractivity contribution >= 4 is 45.9 Å². The maximum Gasteiger partial charge on any atom is 0.316 e. The summed E-state index contributed by atoms with van der Waals surface area (Å²) in [6.07, 6.45) is 3.51. The van der Waals surface area contributed by atoms with E-state index in [-0.39, 0.29) is 22.0 Å². The first-order chi connectivity index (χ1) is 11.5. The predicted molar refractivity (Wildman–Crippen MR) is 94.2 cm³/mol. The highest BCUT2D eigenvalue weighted by Gasteiger charge is 2.07. The van der Waals surface area contributed by atoms with Crippen LogP contribution < -0.4 is 10.6 Å². The van der Waals surface area contributed by atoms with Crippen LogP contribution in [0.1, 0.15) is 25.7 Å². The first-order valence-electron chi connectivity index (χ1n) is 7.44. The van der Waals surface area contributed by atoms with E-state index < -0.39 is 11.9 Å². The summed E-state index contributed by atoms with van der Waals surface area (Å²) in [6, 6.07) is 0. The van der Waals surface area contributed by atoms with Crippen LogP contribution in [0.3, 0.4) is 0 Å². The van der Waals surface area contributed by atoms with Crippen LogP contribution in [-0.4, -0.2) is 61.2 Å². The number of rotatable bonds is 11. The zero-order chi connectivity index (χ0) is 18.2. The summed E-state index contributed by atoms with van der Waals surface area (Å²) in [4.78, 5) is 44.4. The number of carbonyl (C=O) groups is 4. The number of hydrogen-bond donors (Lipinski definition) is 2. The molecule has 2 N–H and O–H groups in total. The summed E-state index contributed by atoms with van der Waals surface area (Å²) in [5.74, 6) is -0.838. The zero-order valence-corrected chi connectivity index (χ0v) is 15.6. The molecule has 0 aromatic heterocycles. The van der Waals surface area contributed by atoms with E-state index in [4.69, 9.17) is 0 Å². The molecule has 10 heteroatoms. The van der Waals surface area contributed by atoms with E-state index >= 15 is 0 Å². The number of carbonyl (C=O) groups excluding carboxylic acids is 4. The lowest BCUT2D eigenvalue weighted by Gasteiger charge is -2.05. The zero-order valence-electron chi connectivity index (χ0n) is 13.9. The van der Waals surface area contributed by atoms with Gasteiger partial charge < -0.3 is 20.1 Å². The quantitative estimate of drug-likeness (QED) is 0.412. The highest BCUT2D eigenvalue weighted by Crippen LogP contribution is 2.04. The highest BCUT2D eigenvalue weighted by atomic mass is 32.2. The molecule has 0 aromatic rings. The Labute approximate surface area is 150 Å². The minimum Gasteiger partial charge on any atom is -0.468 e. The van der Waals surface area contributed by atoms with Gasteiger partial charge in [-0.05, 0) is 12.8 Å². The van der Waals surface area contributed by atoms with Gasteiger partial charge in [-0.3, -0.25) is 19.2 Å². The lowest BCUT2D eigenvalue weighted by Crippen LogP contribution is -2.22. The van der Waals surface area contributed by atoms with Crippen molar-refractivity contribution in [1.82, 2.24) is 10.6 Å². The number of nitrogens with one attached hydrogen (secondary N) is 2. The molecule has 0 aliphatic carbocycles. The fourth-order valence-corrected chi connectivity index (χ4v) is 2.60. The summed E-state index contributed by atoms with van der Waals surface area (Å²) >= 11 is 1.77. The Bertz CT molecular complexity index is 382. The molecule has 138 valence electrons. The molecule has 0 spiro atoms. The SMILES string of the molecule is COC(=O)CSC(=O)NCCCCCCNC(=O)SCC(=O)OC. The van der Waals surface area contributed by atoms with Crippen molar-refractivity contribution in [3.05, 3.63) is 0 Å². The molecular formula is C14H24N2O6S2. The third-order valence-electron chi connectivity index (χ3n) is 2.74. The molecule has 2 amide bonds. The Morgan fingerprint density at radius 2 is 1.08 bits per heavy atom. The fraction of sp³-hybridized carbons (Fsp3) is 0.714. The summed E-state index contributed by atoms with van der Waals surface area (Å²) in [7, 11) is 2.56. The monoisotopic (exact) mass is 380 g/mol. The van der Waals surface area contributed by atoms with Gasteiger partial charge in [0.05, 0.1) is 14.2 Å². The van der Waals surface area contributed by atoms with Gasteiger partial charge in [-0.2, -0.15) is 0 Å². The second-order valence-electron chi connectivity index (χ2n) is 4.57. The van der Waals surface area contributed by atoms with Gasteiger partial charge in [0, 0.05) is 13.1 Å².